The quantitative estimate of drug-likeness (QED) is 0.191. The molecule has 3 heterocycles. The Morgan fingerprint density at radius 3 is 2.33 bits per heavy atom. The average molecular weight is 856 g/mol. The fraction of sp³-hybridized carbons (Fsp3) is 0.696. The minimum Gasteiger partial charge on any atom is -0.379 e. The van der Waals surface area contributed by atoms with Crippen molar-refractivity contribution in [1.82, 2.24) is 25.8 Å². The van der Waals surface area contributed by atoms with Gasteiger partial charge in [0.1, 0.15) is 6.04 Å². The lowest BCUT2D eigenvalue weighted by atomic mass is 9.89. The zero-order chi connectivity index (χ0) is 44.3. The first-order chi connectivity index (χ1) is 28.4. The number of likely N-dealkylation sites (N-methyl/N-ethyl adjacent to an activating group) is 2. The molecule has 14 heteroatoms. The Bertz CT molecular complexity index is 1770. The molecule has 4 aliphatic rings. The summed E-state index contributed by atoms with van der Waals surface area (Å²) in [5.41, 5.74) is 1.68. The number of likely N-dealkylation sites (tertiary alicyclic amines) is 1. The van der Waals surface area contributed by atoms with Gasteiger partial charge < -0.3 is 35.2 Å². The maximum Gasteiger partial charge on any atom is 0.245 e. The molecule has 1 saturated heterocycles. The highest BCUT2D eigenvalue weighted by Gasteiger charge is 2.44. The van der Waals surface area contributed by atoms with Gasteiger partial charge in [0, 0.05) is 32.7 Å². The molecular formula is C46H73N5O8S. The Hall–Kier alpha value is -3.59. The van der Waals surface area contributed by atoms with E-state index in [0.29, 0.717) is 31.6 Å². The van der Waals surface area contributed by atoms with Crippen LogP contribution in [0.2, 0.25) is 0 Å². The van der Waals surface area contributed by atoms with E-state index in [0.717, 1.165) is 24.8 Å². The van der Waals surface area contributed by atoms with Crippen LogP contribution in [0.3, 0.4) is 0 Å². The molecule has 60 heavy (non-hydrogen) atoms. The smallest absolute Gasteiger partial charge is 0.245 e. The van der Waals surface area contributed by atoms with Crippen LogP contribution in [0.5, 0.6) is 0 Å². The molecule has 4 amide bonds. The summed E-state index contributed by atoms with van der Waals surface area (Å²) in [6.07, 6.45) is 8.11. The van der Waals surface area contributed by atoms with Crippen molar-refractivity contribution in [2.24, 2.45) is 29.6 Å². The van der Waals surface area contributed by atoms with Crippen LogP contribution in [-0.4, -0.2) is 124 Å². The number of allylic oxidation sites excluding steroid dienone is 2. The predicted molar refractivity (Wildman–Crippen MR) is 235 cm³/mol. The molecule has 1 aromatic rings. The van der Waals surface area contributed by atoms with Crippen LogP contribution < -0.4 is 16.0 Å². The van der Waals surface area contributed by atoms with Crippen molar-refractivity contribution < 1.29 is 37.1 Å². The number of carbonyl (C=O) groups excluding carboxylic acids is 4. The maximum absolute atomic E-state index is 14.5. The monoisotopic (exact) mass is 856 g/mol. The molecule has 0 aromatic heterocycles. The van der Waals surface area contributed by atoms with Gasteiger partial charge in [-0.1, -0.05) is 109 Å². The molecule has 1 unspecified atom stereocenters. The van der Waals surface area contributed by atoms with Gasteiger partial charge in [0.15, 0.2) is 9.84 Å². The van der Waals surface area contributed by atoms with E-state index >= 15 is 0 Å². The Balaban J connectivity index is 1.55. The third-order valence-electron chi connectivity index (χ3n) is 12.8. The van der Waals surface area contributed by atoms with Gasteiger partial charge in [0.05, 0.1) is 60.8 Å². The second-order valence-corrected chi connectivity index (χ2v) is 20.1. The van der Waals surface area contributed by atoms with Crippen LogP contribution in [-0.2, 0) is 44.2 Å². The SMILES string of the molecule is CC[C@H](C)[C@@H]([C@@H](CC(=O)N1CCC[C@H]1[C@@H]1OCC2C=CC(=CC2)C[C@@H](CS(=O)(=O)Cc2ccccc2)NC(=O)[C@@H]1C)OC)N(C)C(=O)[C@@H](NC(=O)[C@@H](NC)C(C)C)C(C)C. The van der Waals surface area contributed by atoms with Crippen molar-refractivity contribution in [3.63, 3.8) is 0 Å². The first-order valence-electron chi connectivity index (χ1n) is 22.0. The lowest BCUT2D eigenvalue weighted by Gasteiger charge is -2.41. The molecule has 10 atom stereocenters. The van der Waals surface area contributed by atoms with E-state index in [2.05, 4.69) is 28.1 Å². The van der Waals surface area contributed by atoms with Gasteiger partial charge in [-0.2, -0.15) is 0 Å². The van der Waals surface area contributed by atoms with E-state index in [1.165, 1.54) is 0 Å². The van der Waals surface area contributed by atoms with Gasteiger partial charge in [-0.15, -0.1) is 0 Å². The number of nitrogens with zero attached hydrogens (tertiary/aromatic N) is 2. The summed E-state index contributed by atoms with van der Waals surface area (Å²) in [4.78, 5) is 59.7. The van der Waals surface area contributed by atoms with Gasteiger partial charge in [-0.3, -0.25) is 19.2 Å². The summed E-state index contributed by atoms with van der Waals surface area (Å²) < 4.78 is 39.7. The van der Waals surface area contributed by atoms with Crippen LogP contribution in [0.4, 0.5) is 0 Å². The topological polar surface area (TPSA) is 163 Å². The van der Waals surface area contributed by atoms with E-state index in [4.69, 9.17) is 9.47 Å². The third kappa shape index (κ3) is 13.0. The average Bonchev–Trinajstić information content (AvgIpc) is 3.69. The number of hydrogen-bond acceptors (Lipinski definition) is 9. The molecule has 336 valence electrons. The minimum absolute atomic E-state index is 0.00108. The number of hydrogen-bond donors (Lipinski definition) is 3. The molecule has 13 nitrogen and oxygen atoms in total. The van der Waals surface area contributed by atoms with Gasteiger partial charge in [-0.05, 0) is 56.0 Å². The molecule has 0 radical (unpaired) electrons. The van der Waals surface area contributed by atoms with Crippen LogP contribution in [0, 0.1) is 29.6 Å². The highest BCUT2D eigenvalue weighted by molar-refractivity contribution is 7.90. The molecular weight excluding hydrogens is 783 g/mol. The highest BCUT2D eigenvalue weighted by atomic mass is 32.2. The standard InChI is InChI=1S/C46H73N5O8S/c1-11-31(6)42(50(9)46(55)41(30(4)5)49-45(54)40(47-8)29(2)3)38(58-10)25-39(52)51-23-15-18-37(51)43-32(7)44(53)48-36(24-33-19-21-34(22-20-33)26-59-43)28-60(56,57)27-35-16-13-12-14-17-35/h12-14,16-17,19-21,29-32,34,36-38,40-43,47H,11,15,18,22-28H2,1-10H3,(H,48,53)(H,49,54)/t31-,32+,34?,36-,37-,38+,40-,41-,42-,43+/m0/s1. The summed E-state index contributed by atoms with van der Waals surface area (Å²) in [7, 11) is 1.44. The third-order valence-corrected chi connectivity index (χ3v) is 14.4. The Morgan fingerprint density at radius 2 is 1.75 bits per heavy atom. The lowest BCUT2D eigenvalue weighted by molar-refractivity contribution is -0.148. The second-order valence-electron chi connectivity index (χ2n) is 18.0. The number of carbonyl (C=O) groups is 4. The zero-order valence-corrected chi connectivity index (χ0v) is 38.5. The van der Waals surface area contributed by atoms with E-state index in [1.807, 2.05) is 70.7 Å². The van der Waals surface area contributed by atoms with Gasteiger partial charge in [0.2, 0.25) is 23.6 Å². The predicted octanol–water partition coefficient (Wildman–Crippen LogP) is 4.67. The van der Waals surface area contributed by atoms with Gasteiger partial charge in [0.25, 0.3) is 0 Å². The van der Waals surface area contributed by atoms with Crippen LogP contribution in [0.25, 0.3) is 0 Å². The number of rotatable bonds is 18. The molecule has 2 bridgehead atoms. The molecule has 5 rings (SSSR count). The molecule has 3 N–H and O–H groups in total. The number of sulfone groups is 1. The number of methoxy groups -OCH3 is 1. The molecule has 0 spiro atoms. The van der Waals surface area contributed by atoms with Crippen LogP contribution in [0.15, 0.2) is 54.1 Å². The normalized spacial score (nSPS) is 25.1. The zero-order valence-electron chi connectivity index (χ0n) is 37.7. The first kappa shape index (κ1) is 49.1. The van der Waals surface area contributed by atoms with Crippen molar-refractivity contribution in [2.45, 2.75) is 135 Å². The fourth-order valence-electron chi connectivity index (χ4n) is 9.12. The van der Waals surface area contributed by atoms with Crippen molar-refractivity contribution in [1.29, 1.82) is 0 Å². The Kier molecular flexibility index (Phi) is 18.4. The van der Waals surface area contributed by atoms with Gasteiger partial charge >= 0.3 is 0 Å². The molecule has 0 saturated carbocycles. The Labute approximate surface area is 359 Å². The minimum atomic E-state index is -3.58. The largest absolute Gasteiger partial charge is 0.379 e. The number of benzene rings is 1. The van der Waals surface area contributed by atoms with Gasteiger partial charge in [-0.25, -0.2) is 8.42 Å². The maximum atomic E-state index is 14.5. The molecule has 1 aliphatic carbocycles. The number of fused-ring (bicyclic) bond motifs is 8. The second kappa shape index (κ2) is 22.5. The summed E-state index contributed by atoms with van der Waals surface area (Å²) in [5.74, 6) is -2.11. The number of ether oxygens (including phenoxy) is 2. The molecule has 3 aliphatic heterocycles. The first-order valence-corrected chi connectivity index (χ1v) is 23.8. The summed E-state index contributed by atoms with van der Waals surface area (Å²) in [6, 6.07) is 6.28. The summed E-state index contributed by atoms with van der Waals surface area (Å²) in [6.45, 7) is 14.4. The van der Waals surface area contributed by atoms with Crippen molar-refractivity contribution in [3.8, 4) is 0 Å². The van der Waals surface area contributed by atoms with Crippen molar-refractivity contribution in [2.75, 3.05) is 40.1 Å². The van der Waals surface area contributed by atoms with E-state index in [-0.39, 0.29) is 65.2 Å². The van der Waals surface area contributed by atoms with E-state index in [9.17, 15) is 27.6 Å². The van der Waals surface area contributed by atoms with Crippen LogP contribution >= 0.6 is 0 Å². The molecule has 1 aromatic carbocycles. The van der Waals surface area contributed by atoms with Crippen molar-refractivity contribution >= 4 is 33.5 Å². The van der Waals surface area contributed by atoms with Crippen molar-refractivity contribution in [3.05, 3.63) is 59.7 Å². The fourth-order valence-corrected chi connectivity index (χ4v) is 10.8. The Morgan fingerprint density at radius 1 is 1.07 bits per heavy atom. The lowest BCUT2D eigenvalue weighted by Crippen LogP contribution is -2.59. The number of nitrogens with one attached hydrogen (secondary N) is 3. The summed E-state index contributed by atoms with van der Waals surface area (Å²) >= 11 is 0. The van der Waals surface area contributed by atoms with E-state index in [1.54, 1.807) is 45.2 Å². The van der Waals surface area contributed by atoms with E-state index < -0.39 is 58.2 Å². The molecule has 1 fully saturated rings. The summed E-state index contributed by atoms with van der Waals surface area (Å²) in [5, 5.41) is 9.14. The number of amides is 4. The highest BCUT2D eigenvalue weighted by Crippen LogP contribution is 2.32. The van der Waals surface area contributed by atoms with Crippen LogP contribution in [0.1, 0.15) is 92.6 Å².